The second-order valence-corrected chi connectivity index (χ2v) is 4.60. The predicted octanol–water partition coefficient (Wildman–Crippen LogP) is 1.28. The molecule has 0 aliphatic heterocycles. The van der Waals surface area contributed by atoms with Crippen LogP contribution in [0.1, 0.15) is 17.3 Å². The molecule has 0 aliphatic rings. The molecule has 1 aromatic carbocycles. The minimum Gasteiger partial charge on any atom is -0.496 e. The van der Waals surface area contributed by atoms with E-state index in [1.165, 1.54) is 17.9 Å². The molecule has 0 aliphatic carbocycles. The van der Waals surface area contributed by atoms with Crippen molar-refractivity contribution in [3.63, 3.8) is 0 Å². The quantitative estimate of drug-likeness (QED) is 0.652. The number of nitrogens with zero attached hydrogens (tertiary/aromatic N) is 3. The molecule has 1 atom stereocenters. The van der Waals surface area contributed by atoms with Crippen molar-refractivity contribution in [3.05, 3.63) is 39.9 Å². The van der Waals surface area contributed by atoms with Gasteiger partial charge in [0.1, 0.15) is 11.6 Å². The molecular weight excluding hydrogens is 317 g/mol. The normalized spacial score (nSPS) is 12.5. The summed E-state index contributed by atoms with van der Waals surface area (Å²) in [4.78, 5) is 0. The number of hydrogen-bond donors (Lipinski definition) is 2. The van der Waals surface area contributed by atoms with E-state index in [1.807, 2.05) is 0 Å². The van der Waals surface area contributed by atoms with Crippen molar-refractivity contribution in [3.8, 4) is 5.75 Å². The fourth-order valence-electron chi connectivity index (χ4n) is 1.92. The number of aromatic nitrogens is 3. The van der Waals surface area contributed by atoms with Gasteiger partial charge in [-0.05, 0) is 28.1 Å². The van der Waals surface area contributed by atoms with E-state index in [9.17, 15) is 4.39 Å². The predicted molar refractivity (Wildman–Crippen MR) is 70.8 cm³/mol. The number of hydrazine groups is 1. The summed E-state index contributed by atoms with van der Waals surface area (Å²) in [7, 11) is 3.17. The third-order valence-corrected chi connectivity index (χ3v) is 3.35. The molecule has 1 aromatic heterocycles. The average Bonchev–Trinajstić information content (AvgIpc) is 2.73. The molecule has 0 saturated heterocycles. The van der Waals surface area contributed by atoms with E-state index in [-0.39, 0.29) is 0 Å². The van der Waals surface area contributed by atoms with E-state index in [1.54, 1.807) is 19.2 Å². The average molecular weight is 330 g/mol. The molecule has 2 aromatic rings. The molecule has 0 fully saturated rings. The standard InChI is InChI=1S/C11H13BrFN5O/c1-18-10(11(12)16-17-18)9(15-14)8-6(13)4-3-5-7(8)19-2/h3-5,9,15H,14H2,1-2H3. The van der Waals surface area contributed by atoms with E-state index < -0.39 is 11.9 Å². The number of methoxy groups -OCH3 is 1. The Kier molecular flexibility index (Phi) is 4.13. The number of nitrogens with two attached hydrogens (primary N) is 1. The van der Waals surface area contributed by atoms with Gasteiger partial charge in [-0.1, -0.05) is 11.3 Å². The lowest BCUT2D eigenvalue weighted by Crippen LogP contribution is -2.31. The number of aryl methyl sites for hydroxylation is 1. The zero-order valence-electron chi connectivity index (χ0n) is 10.4. The van der Waals surface area contributed by atoms with Gasteiger partial charge in [-0.3, -0.25) is 5.84 Å². The molecule has 6 nitrogen and oxygen atoms in total. The molecule has 1 heterocycles. The smallest absolute Gasteiger partial charge is 0.153 e. The molecule has 0 spiro atoms. The van der Waals surface area contributed by atoms with E-state index in [4.69, 9.17) is 10.6 Å². The minimum absolute atomic E-state index is 0.304. The fraction of sp³-hybridized carbons (Fsp3) is 0.273. The lowest BCUT2D eigenvalue weighted by Gasteiger charge is -2.19. The van der Waals surface area contributed by atoms with Gasteiger partial charge in [0.25, 0.3) is 0 Å². The van der Waals surface area contributed by atoms with Crippen molar-refractivity contribution < 1.29 is 9.13 Å². The van der Waals surface area contributed by atoms with Crippen molar-refractivity contribution in [2.75, 3.05) is 7.11 Å². The zero-order chi connectivity index (χ0) is 14.0. The summed E-state index contributed by atoms with van der Waals surface area (Å²) in [6, 6.07) is 3.95. The molecule has 0 saturated carbocycles. The number of halogens is 2. The Bertz CT molecular complexity index is 569. The highest BCUT2D eigenvalue weighted by molar-refractivity contribution is 9.10. The second-order valence-electron chi connectivity index (χ2n) is 3.84. The van der Waals surface area contributed by atoms with Crippen molar-refractivity contribution >= 4 is 15.9 Å². The first-order chi connectivity index (χ1) is 9.10. The first-order valence-electron chi connectivity index (χ1n) is 5.43. The van der Waals surface area contributed by atoms with Crippen LogP contribution in [0.4, 0.5) is 4.39 Å². The number of hydrogen-bond acceptors (Lipinski definition) is 5. The van der Waals surface area contributed by atoms with Crippen LogP contribution in [0.5, 0.6) is 5.75 Å². The van der Waals surface area contributed by atoms with Gasteiger partial charge < -0.3 is 4.74 Å². The molecule has 0 amide bonds. The Morgan fingerprint density at radius 1 is 1.53 bits per heavy atom. The Morgan fingerprint density at radius 3 is 2.79 bits per heavy atom. The summed E-state index contributed by atoms with van der Waals surface area (Å²) in [6.45, 7) is 0. The Morgan fingerprint density at radius 2 is 2.26 bits per heavy atom. The third kappa shape index (κ3) is 2.46. The summed E-state index contributed by atoms with van der Waals surface area (Å²) in [5.41, 5.74) is 3.47. The fourth-order valence-corrected chi connectivity index (χ4v) is 2.48. The summed E-state index contributed by atoms with van der Waals surface area (Å²) >= 11 is 3.27. The highest BCUT2D eigenvalue weighted by Gasteiger charge is 2.26. The van der Waals surface area contributed by atoms with Gasteiger partial charge in [-0.25, -0.2) is 14.5 Å². The Labute approximate surface area is 117 Å². The first-order valence-corrected chi connectivity index (χ1v) is 6.23. The molecule has 0 bridgehead atoms. The van der Waals surface area contributed by atoms with Gasteiger partial charge in [0.15, 0.2) is 4.60 Å². The Hall–Kier alpha value is -1.51. The summed E-state index contributed by atoms with van der Waals surface area (Å²) in [5.74, 6) is 5.54. The molecule has 0 radical (unpaired) electrons. The molecule has 8 heteroatoms. The molecule has 1 unspecified atom stereocenters. The lowest BCUT2D eigenvalue weighted by atomic mass is 10.0. The molecule has 102 valence electrons. The van der Waals surface area contributed by atoms with Gasteiger partial charge in [-0.2, -0.15) is 0 Å². The molecular formula is C11H13BrFN5O. The number of rotatable bonds is 4. The first kappa shape index (κ1) is 13.9. The van der Waals surface area contributed by atoms with E-state index in [0.29, 0.717) is 21.6 Å². The van der Waals surface area contributed by atoms with Crippen LogP contribution in [0, 0.1) is 5.82 Å². The van der Waals surface area contributed by atoms with E-state index in [0.717, 1.165) is 0 Å². The van der Waals surface area contributed by atoms with Crippen LogP contribution in [0.3, 0.4) is 0 Å². The van der Waals surface area contributed by atoms with Gasteiger partial charge >= 0.3 is 0 Å². The van der Waals surface area contributed by atoms with Crippen molar-refractivity contribution in [2.24, 2.45) is 12.9 Å². The summed E-state index contributed by atoms with van der Waals surface area (Å²) in [5, 5.41) is 7.72. The lowest BCUT2D eigenvalue weighted by molar-refractivity contribution is 0.395. The maximum absolute atomic E-state index is 14.1. The maximum atomic E-state index is 14.1. The van der Waals surface area contributed by atoms with Crippen LogP contribution in [0.15, 0.2) is 22.8 Å². The summed E-state index contributed by atoms with van der Waals surface area (Å²) in [6.07, 6.45) is 0. The highest BCUT2D eigenvalue weighted by atomic mass is 79.9. The zero-order valence-corrected chi connectivity index (χ0v) is 12.0. The molecule has 19 heavy (non-hydrogen) atoms. The van der Waals surface area contributed by atoms with Crippen molar-refractivity contribution in [1.82, 2.24) is 20.4 Å². The van der Waals surface area contributed by atoms with Gasteiger partial charge in [-0.15, -0.1) is 5.10 Å². The SMILES string of the molecule is COc1cccc(F)c1C(NN)c1c(Br)nnn1C. The molecule has 3 N–H and O–H groups in total. The number of nitrogens with one attached hydrogen (secondary N) is 1. The largest absolute Gasteiger partial charge is 0.496 e. The van der Waals surface area contributed by atoms with Crippen LogP contribution < -0.4 is 16.0 Å². The third-order valence-electron chi connectivity index (χ3n) is 2.79. The van der Waals surface area contributed by atoms with Crippen molar-refractivity contribution in [1.29, 1.82) is 0 Å². The van der Waals surface area contributed by atoms with E-state index in [2.05, 4.69) is 31.7 Å². The van der Waals surface area contributed by atoms with Crippen molar-refractivity contribution in [2.45, 2.75) is 6.04 Å². The highest BCUT2D eigenvalue weighted by Crippen LogP contribution is 2.33. The monoisotopic (exact) mass is 329 g/mol. The van der Waals surface area contributed by atoms with Crippen LogP contribution >= 0.6 is 15.9 Å². The van der Waals surface area contributed by atoms with Gasteiger partial charge in [0.05, 0.1) is 24.4 Å². The van der Waals surface area contributed by atoms with Gasteiger partial charge in [0.2, 0.25) is 0 Å². The van der Waals surface area contributed by atoms with Crippen LogP contribution in [-0.4, -0.2) is 22.1 Å². The second kappa shape index (κ2) is 5.64. The van der Waals surface area contributed by atoms with Crippen LogP contribution in [-0.2, 0) is 7.05 Å². The minimum atomic E-state index is -0.634. The van der Waals surface area contributed by atoms with Gasteiger partial charge in [0, 0.05) is 7.05 Å². The molecule has 2 rings (SSSR count). The number of ether oxygens (including phenoxy) is 1. The topological polar surface area (TPSA) is 78.0 Å². The van der Waals surface area contributed by atoms with E-state index >= 15 is 0 Å². The maximum Gasteiger partial charge on any atom is 0.153 e. The number of benzene rings is 1. The summed E-state index contributed by atoms with van der Waals surface area (Å²) < 4.78 is 21.3. The van der Waals surface area contributed by atoms with Crippen LogP contribution in [0.25, 0.3) is 0 Å². The van der Waals surface area contributed by atoms with Crippen LogP contribution in [0.2, 0.25) is 0 Å². The Balaban J connectivity index is 2.61.